The molecule has 2 rings (SSSR count). The predicted octanol–water partition coefficient (Wildman–Crippen LogP) is 2.77. The van der Waals surface area contributed by atoms with Crippen LogP contribution in [0.25, 0.3) is 6.08 Å². The second-order valence-corrected chi connectivity index (χ2v) is 4.73. The van der Waals surface area contributed by atoms with E-state index in [0.29, 0.717) is 12.2 Å². The average Bonchev–Trinajstić information content (AvgIpc) is 2.59. The third-order valence-electron chi connectivity index (χ3n) is 3.03. The van der Waals surface area contributed by atoms with Gasteiger partial charge in [0.1, 0.15) is 11.6 Å². The summed E-state index contributed by atoms with van der Waals surface area (Å²) in [6.07, 6.45) is 3.28. The molecule has 0 aliphatic carbocycles. The lowest BCUT2D eigenvalue weighted by Crippen LogP contribution is -2.16. The molecule has 23 heavy (non-hydrogen) atoms. The summed E-state index contributed by atoms with van der Waals surface area (Å²) in [6.45, 7) is 0. The van der Waals surface area contributed by atoms with Crippen LogP contribution in [0.3, 0.4) is 0 Å². The Morgan fingerprint density at radius 1 is 1.13 bits per heavy atom. The minimum atomic E-state index is -0.586. The Morgan fingerprint density at radius 3 is 2.57 bits per heavy atom. The molecule has 2 aromatic carbocycles. The zero-order valence-corrected chi connectivity index (χ0v) is 12.8. The number of amidine groups is 1. The van der Waals surface area contributed by atoms with Crippen molar-refractivity contribution in [2.45, 2.75) is 6.42 Å². The number of para-hydroxylation sites is 1. The number of nitrogens with two attached hydrogens (primary N) is 1. The van der Waals surface area contributed by atoms with Gasteiger partial charge in [-0.05, 0) is 17.7 Å². The fourth-order valence-electron chi connectivity index (χ4n) is 1.94. The number of ether oxygens (including phenoxy) is 1. The summed E-state index contributed by atoms with van der Waals surface area (Å²) < 4.78 is 5.23. The van der Waals surface area contributed by atoms with Gasteiger partial charge in [-0.15, -0.1) is 0 Å². The highest BCUT2D eigenvalue weighted by Gasteiger charge is 2.05. The summed E-state index contributed by atoms with van der Waals surface area (Å²) in [7, 11) is 1.58. The van der Waals surface area contributed by atoms with E-state index in [1.807, 2.05) is 54.6 Å². The molecule has 0 saturated carbocycles. The highest BCUT2D eigenvalue weighted by atomic mass is 16.7. The van der Waals surface area contributed by atoms with Crippen LogP contribution in [0.1, 0.15) is 11.1 Å². The predicted molar refractivity (Wildman–Crippen MR) is 89.9 cm³/mol. The minimum absolute atomic E-state index is 0.191. The third-order valence-corrected chi connectivity index (χ3v) is 3.03. The van der Waals surface area contributed by atoms with Crippen LogP contribution in [0.4, 0.5) is 0 Å². The smallest absolute Gasteiger partial charge is 0.358 e. The van der Waals surface area contributed by atoms with E-state index in [2.05, 4.69) is 5.16 Å². The molecular formula is C18H18N2O3. The lowest BCUT2D eigenvalue weighted by Gasteiger charge is -2.06. The molecule has 0 heterocycles. The van der Waals surface area contributed by atoms with Gasteiger partial charge in [0.15, 0.2) is 0 Å². The van der Waals surface area contributed by atoms with Crippen LogP contribution in [-0.4, -0.2) is 18.9 Å². The Kier molecular flexibility index (Phi) is 5.94. The van der Waals surface area contributed by atoms with E-state index < -0.39 is 5.97 Å². The van der Waals surface area contributed by atoms with Gasteiger partial charge in [-0.3, -0.25) is 0 Å². The van der Waals surface area contributed by atoms with Crippen LogP contribution < -0.4 is 10.5 Å². The molecule has 5 heteroatoms. The SMILES string of the molecule is COc1ccccc1C/C(N)=N/OC(=O)C=Cc1ccccc1. The van der Waals surface area contributed by atoms with E-state index in [9.17, 15) is 4.79 Å². The fourth-order valence-corrected chi connectivity index (χ4v) is 1.94. The average molecular weight is 310 g/mol. The number of benzene rings is 2. The van der Waals surface area contributed by atoms with Crippen molar-refractivity contribution in [3.8, 4) is 5.75 Å². The van der Waals surface area contributed by atoms with Gasteiger partial charge >= 0.3 is 5.97 Å². The summed E-state index contributed by atoms with van der Waals surface area (Å²) >= 11 is 0. The minimum Gasteiger partial charge on any atom is -0.496 e. The van der Waals surface area contributed by atoms with Gasteiger partial charge in [-0.1, -0.05) is 53.7 Å². The van der Waals surface area contributed by atoms with Crippen molar-refractivity contribution in [2.75, 3.05) is 7.11 Å². The first-order chi connectivity index (χ1) is 11.2. The molecule has 2 aromatic rings. The summed E-state index contributed by atoms with van der Waals surface area (Å²) in [6, 6.07) is 16.9. The number of methoxy groups -OCH3 is 1. The Bertz CT molecular complexity index is 709. The zero-order chi connectivity index (χ0) is 16.5. The zero-order valence-electron chi connectivity index (χ0n) is 12.8. The van der Waals surface area contributed by atoms with Gasteiger partial charge < -0.3 is 15.3 Å². The Morgan fingerprint density at radius 2 is 1.83 bits per heavy atom. The van der Waals surface area contributed by atoms with Crippen LogP contribution in [0, 0.1) is 0 Å². The number of hydrogen-bond donors (Lipinski definition) is 1. The number of nitrogens with zero attached hydrogens (tertiary/aromatic N) is 1. The molecule has 0 amide bonds. The maximum Gasteiger partial charge on any atom is 0.358 e. The lowest BCUT2D eigenvalue weighted by molar-refractivity contribution is -0.137. The molecule has 0 aliphatic rings. The molecule has 0 aliphatic heterocycles. The first kappa shape index (κ1) is 16.3. The van der Waals surface area contributed by atoms with Crippen molar-refractivity contribution < 1.29 is 14.4 Å². The number of carbonyl (C=O) groups excluding carboxylic acids is 1. The van der Waals surface area contributed by atoms with Crippen molar-refractivity contribution in [3.05, 3.63) is 71.8 Å². The number of carbonyl (C=O) groups is 1. The molecule has 0 bridgehead atoms. The Hall–Kier alpha value is -3.08. The maximum absolute atomic E-state index is 11.6. The highest BCUT2D eigenvalue weighted by Crippen LogP contribution is 2.17. The molecule has 0 atom stereocenters. The first-order valence-electron chi connectivity index (χ1n) is 7.07. The topological polar surface area (TPSA) is 73.9 Å². The first-order valence-corrected chi connectivity index (χ1v) is 7.07. The summed E-state index contributed by atoms with van der Waals surface area (Å²) in [5.74, 6) is 0.314. The summed E-state index contributed by atoms with van der Waals surface area (Å²) in [4.78, 5) is 16.4. The van der Waals surface area contributed by atoms with Crippen molar-refractivity contribution in [3.63, 3.8) is 0 Å². The number of hydrogen-bond acceptors (Lipinski definition) is 4. The lowest BCUT2D eigenvalue weighted by atomic mass is 10.1. The molecule has 0 aromatic heterocycles. The van der Waals surface area contributed by atoms with E-state index in [0.717, 1.165) is 11.1 Å². The van der Waals surface area contributed by atoms with Crippen molar-refractivity contribution in [1.82, 2.24) is 0 Å². The molecule has 2 N–H and O–H groups in total. The van der Waals surface area contributed by atoms with E-state index >= 15 is 0 Å². The van der Waals surface area contributed by atoms with Crippen molar-refractivity contribution in [1.29, 1.82) is 0 Å². The molecule has 0 unspecified atom stereocenters. The van der Waals surface area contributed by atoms with Crippen LogP contribution in [0.15, 0.2) is 65.8 Å². The normalized spacial score (nSPS) is 11.4. The van der Waals surface area contributed by atoms with E-state index in [4.69, 9.17) is 15.3 Å². The van der Waals surface area contributed by atoms with Gasteiger partial charge in [0.25, 0.3) is 0 Å². The van der Waals surface area contributed by atoms with Gasteiger partial charge in [0.2, 0.25) is 0 Å². The second-order valence-electron chi connectivity index (χ2n) is 4.73. The highest BCUT2D eigenvalue weighted by molar-refractivity contribution is 5.88. The maximum atomic E-state index is 11.6. The summed E-state index contributed by atoms with van der Waals surface area (Å²) in [5, 5.41) is 3.65. The van der Waals surface area contributed by atoms with Gasteiger partial charge in [0.05, 0.1) is 7.11 Å². The van der Waals surface area contributed by atoms with Gasteiger partial charge in [-0.25, -0.2) is 4.79 Å². The largest absolute Gasteiger partial charge is 0.496 e. The van der Waals surface area contributed by atoms with Crippen LogP contribution >= 0.6 is 0 Å². The van der Waals surface area contributed by atoms with Gasteiger partial charge in [0, 0.05) is 18.1 Å². The molecule has 0 spiro atoms. The molecule has 118 valence electrons. The van der Waals surface area contributed by atoms with E-state index in [-0.39, 0.29) is 5.84 Å². The second kappa shape index (κ2) is 8.38. The molecule has 0 fully saturated rings. The van der Waals surface area contributed by atoms with Crippen molar-refractivity contribution >= 4 is 17.9 Å². The van der Waals surface area contributed by atoms with Crippen LogP contribution in [-0.2, 0) is 16.1 Å². The van der Waals surface area contributed by atoms with E-state index in [1.165, 1.54) is 6.08 Å². The third kappa shape index (κ3) is 5.32. The van der Waals surface area contributed by atoms with Gasteiger partial charge in [-0.2, -0.15) is 0 Å². The van der Waals surface area contributed by atoms with Crippen molar-refractivity contribution in [2.24, 2.45) is 10.9 Å². The fraction of sp³-hybridized carbons (Fsp3) is 0.111. The van der Waals surface area contributed by atoms with Crippen LogP contribution in [0.5, 0.6) is 5.75 Å². The monoisotopic (exact) mass is 310 g/mol. The molecule has 5 nitrogen and oxygen atoms in total. The molecular weight excluding hydrogens is 292 g/mol. The number of rotatable bonds is 6. The van der Waals surface area contributed by atoms with Crippen LogP contribution in [0.2, 0.25) is 0 Å². The standard InChI is InChI=1S/C18H18N2O3/c1-22-16-10-6-5-9-15(16)13-17(19)20-23-18(21)12-11-14-7-3-2-4-8-14/h2-12H,13H2,1H3,(H2,19,20). The summed E-state index contributed by atoms with van der Waals surface area (Å²) in [5.41, 5.74) is 7.54. The number of oxime groups is 1. The molecule has 0 saturated heterocycles. The Labute approximate surface area is 135 Å². The Balaban J connectivity index is 1.91. The van der Waals surface area contributed by atoms with E-state index in [1.54, 1.807) is 13.2 Å². The quantitative estimate of drug-likeness (QED) is 0.293. The molecule has 0 radical (unpaired) electrons.